The fraction of sp³-hybridized carbons (Fsp3) is 0.296. The van der Waals surface area contributed by atoms with E-state index in [0.717, 1.165) is 5.56 Å². The average molecular weight is 567 g/mol. The lowest BCUT2D eigenvalue weighted by atomic mass is 9.78. The summed E-state index contributed by atoms with van der Waals surface area (Å²) < 4.78 is 27.6. The Balaban J connectivity index is 1.74. The second-order valence-electron chi connectivity index (χ2n) is 9.78. The van der Waals surface area contributed by atoms with Gasteiger partial charge in [-0.15, -0.1) is 0 Å². The predicted octanol–water partition coefficient (Wildman–Crippen LogP) is 7.14. The van der Waals surface area contributed by atoms with Gasteiger partial charge in [0.1, 0.15) is 0 Å². The van der Waals surface area contributed by atoms with Crippen LogP contribution in [-0.2, 0) is 16.3 Å². The third-order valence-electron chi connectivity index (χ3n) is 6.28. The number of hydrogen-bond donors (Lipinski definition) is 2. The number of carbonyl (C=O) groups excluding carboxylic acids is 1. The molecule has 9 heteroatoms. The maximum absolute atomic E-state index is 13.8. The van der Waals surface area contributed by atoms with Gasteiger partial charge in [-0.05, 0) is 92.6 Å². The third-order valence-corrected chi connectivity index (χ3v) is 9.26. The van der Waals surface area contributed by atoms with E-state index in [1.807, 2.05) is 6.07 Å². The molecule has 2 unspecified atom stereocenters. The molecule has 0 aromatic heterocycles. The smallest absolute Gasteiger partial charge is 0.258 e. The number of fused-ring (bicyclic) bond motifs is 1. The monoisotopic (exact) mass is 565 g/mol. The standard InChI is InChI=1S/C27H26Cl3NO4S/c1-27(2,33)15-16-11-17-9-10-19(31-26(32)25-22(29)7-4-8-23(25)30)14-21(17)24(12-16)36(34,35)20-6-3-5-18(28)13-20/h3-10,13-14,16,24,33H,11-12,15H2,1-2H3,(H,31,32). The molecule has 1 aliphatic rings. The SMILES string of the molecule is CC(C)(O)CC1Cc2ccc(NC(=O)c3c(Cl)cccc3Cl)cc2C(S(=O)(=O)c2cccc(Cl)c2)C1. The summed E-state index contributed by atoms with van der Waals surface area (Å²) in [5.41, 5.74) is 1.12. The van der Waals surface area contributed by atoms with Crippen molar-refractivity contribution in [2.24, 2.45) is 5.92 Å². The number of benzene rings is 3. The van der Waals surface area contributed by atoms with Crippen molar-refractivity contribution in [1.29, 1.82) is 0 Å². The molecule has 0 saturated carbocycles. The van der Waals surface area contributed by atoms with Gasteiger partial charge in [-0.3, -0.25) is 4.79 Å². The fourth-order valence-electron chi connectivity index (χ4n) is 4.85. The first-order valence-corrected chi connectivity index (χ1v) is 14.1. The van der Waals surface area contributed by atoms with Crippen molar-refractivity contribution in [1.82, 2.24) is 0 Å². The Morgan fingerprint density at radius 2 is 1.69 bits per heavy atom. The summed E-state index contributed by atoms with van der Waals surface area (Å²) in [6.45, 7) is 3.45. The van der Waals surface area contributed by atoms with Crippen LogP contribution in [0.4, 0.5) is 5.69 Å². The summed E-state index contributed by atoms with van der Waals surface area (Å²) in [6, 6.07) is 16.3. The Bertz CT molecular complexity index is 1400. The van der Waals surface area contributed by atoms with Crippen molar-refractivity contribution in [3.8, 4) is 0 Å². The molecule has 2 atom stereocenters. The quantitative estimate of drug-likeness (QED) is 0.332. The highest BCUT2D eigenvalue weighted by Gasteiger charge is 2.38. The molecule has 3 aromatic carbocycles. The summed E-state index contributed by atoms with van der Waals surface area (Å²) >= 11 is 18.5. The van der Waals surface area contributed by atoms with Crippen molar-refractivity contribution in [2.45, 2.75) is 48.9 Å². The first-order chi connectivity index (χ1) is 16.8. The van der Waals surface area contributed by atoms with Crippen molar-refractivity contribution in [3.05, 3.63) is 92.4 Å². The molecule has 190 valence electrons. The third kappa shape index (κ3) is 5.90. The topological polar surface area (TPSA) is 83.5 Å². The highest BCUT2D eigenvalue weighted by atomic mass is 35.5. The second kappa shape index (κ2) is 10.3. The molecule has 0 aliphatic heterocycles. The van der Waals surface area contributed by atoms with E-state index in [1.165, 1.54) is 12.1 Å². The Hall–Kier alpha value is -2.09. The van der Waals surface area contributed by atoms with E-state index in [1.54, 1.807) is 56.3 Å². The number of amides is 1. The van der Waals surface area contributed by atoms with Crippen LogP contribution < -0.4 is 5.32 Å². The van der Waals surface area contributed by atoms with Gasteiger partial charge < -0.3 is 10.4 Å². The molecule has 5 nitrogen and oxygen atoms in total. The summed E-state index contributed by atoms with van der Waals surface area (Å²) in [6.07, 6.45) is 1.41. The minimum atomic E-state index is -3.82. The molecule has 1 amide bonds. The van der Waals surface area contributed by atoms with E-state index in [4.69, 9.17) is 34.8 Å². The number of rotatable bonds is 6. The van der Waals surface area contributed by atoms with Crippen LogP contribution in [0.25, 0.3) is 0 Å². The maximum atomic E-state index is 13.8. The number of aliphatic hydroxyl groups is 1. The van der Waals surface area contributed by atoms with Gasteiger partial charge in [0.25, 0.3) is 5.91 Å². The van der Waals surface area contributed by atoms with E-state index in [9.17, 15) is 18.3 Å². The molecule has 3 aromatic rings. The van der Waals surface area contributed by atoms with Crippen molar-refractivity contribution in [2.75, 3.05) is 5.32 Å². The Morgan fingerprint density at radius 3 is 2.33 bits per heavy atom. The molecule has 0 bridgehead atoms. The molecule has 0 fully saturated rings. The van der Waals surface area contributed by atoms with Crippen LogP contribution in [0.3, 0.4) is 0 Å². The summed E-state index contributed by atoms with van der Waals surface area (Å²) in [7, 11) is -3.82. The van der Waals surface area contributed by atoms with Crippen molar-refractivity contribution < 1.29 is 18.3 Å². The van der Waals surface area contributed by atoms with E-state index in [0.29, 0.717) is 35.5 Å². The first kappa shape index (κ1) is 27.0. The van der Waals surface area contributed by atoms with E-state index in [2.05, 4.69) is 5.32 Å². The number of halogens is 3. The molecule has 1 aliphatic carbocycles. The zero-order chi connectivity index (χ0) is 26.3. The fourth-order valence-corrected chi connectivity index (χ4v) is 7.65. The number of nitrogens with one attached hydrogen (secondary N) is 1. The molecule has 0 spiro atoms. The van der Waals surface area contributed by atoms with Gasteiger partial charge >= 0.3 is 0 Å². The van der Waals surface area contributed by atoms with Crippen molar-refractivity contribution in [3.63, 3.8) is 0 Å². The Labute approximate surface area is 226 Å². The lowest BCUT2D eigenvalue weighted by Crippen LogP contribution is -2.30. The highest BCUT2D eigenvalue weighted by molar-refractivity contribution is 7.91. The number of sulfone groups is 1. The zero-order valence-corrected chi connectivity index (χ0v) is 22.8. The summed E-state index contributed by atoms with van der Waals surface area (Å²) in [5, 5.41) is 13.1. The van der Waals surface area contributed by atoms with Crippen LogP contribution in [0.1, 0.15) is 53.4 Å². The molecular weight excluding hydrogens is 541 g/mol. The Kier molecular flexibility index (Phi) is 7.75. The lowest BCUT2D eigenvalue weighted by Gasteiger charge is -2.34. The minimum absolute atomic E-state index is 0.0427. The van der Waals surface area contributed by atoms with Gasteiger partial charge in [0.05, 0.1) is 31.4 Å². The van der Waals surface area contributed by atoms with E-state index < -0.39 is 26.6 Å². The number of hydrogen-bond acceptors (Lipinski definition) is 4. The van der Waals surface area contributed by atoms with Crippen LogP contribution in [0.2, 0.25) is 15.1 Å². The van der Waals surface area contributed by atoms with Gasteiger partial charge in [-0.1, -0.05) is 53.0 Å². The second-order valence-corrected chi connectivity index (χ2v) is 13.2. The highest BCUT2D eigenvalue weighted by Crippen LogP contribution is 2.44. The molecule has 36 heavy (non-hydrogen) atoms. The molecule has 0 saturated heterocycles. The molecule has 0 heterocycles. The van der Waals surface area contributed by atoms with Gasteiger partial charge in [0.15, 0.2) is 9.84 Å². The van der Waals surface area contributed by atoms with Gasteiger partial charge in [-0.25, -0.2) is 8.42 Å². The minimum Gasteiger partial charge on any atom is -0.390 e. The summed E-state index contributed by atoms with van der Waals surface area (Å²) in [4.78, 5) is 13.1. The van der Waals surface area contributed by atoms with Crippen LogP contribution in [-0.4, -0.2) is 25.0 Å². The molecule has 4 rings (SSSR count). The van der Waals surface area contributed by atoms with Crippen LogP contribution >= 0.6 is 34.8 Å². The number of anilines is 1. The van der Waals surface area contributed by atoms with Crippen LogP contribution in [0.5, 0.6) is 0 Å². The summed E-state index contributed by atoms with van der Waals surface area (Å²) in [5.74, 6) is -0.533. The zero-order valence-electron chi connectivity index (χ0n) is 19.8. The van der Waals surface area contributed by atoms with E-state index in [-0.39, 0.29) is 26.4 Å². The maximum Gasteiger partial charge on any atom is 0.258 e. The normalized spacial score (nSPS) is 17.9. The molecular formula is C27H26Cl3NO4S. The average Bonchev–Trinajstić information content (AvgIpc) is 2.77. The lowest BCUT2D eigenvalue weighted by molar-refractivity contribution is 0.0498. The van der Waals surface area contributed by atoms with Gasteiger partial charge in [-0.2, -0.15) is 0 Å². The van der Waals surface area contributed by atoms with Gasteiger partial charge in [0, 0.05) is 10.7 Å². The van der Waals surface area contributed by atoms with E-state index >= 15 is 0 Å². The van der Waals surface area contributed by atoms with Crippen LogP contribution in [0, 0.1) is 5.92 Å². The van der Waals surface area contributed by atoms with Gasteiger partial charge in [0.2, 0.25) is 0 Å². The van der Waals surface area contributed by atoms with Crippen molar-refractivity contribution >= 4 is 56.2 Å². The molecule has 0 radical (unpaired) electrons. The largest absolute Gasteiger partial charge is 0.390 e. The number of carbonyl (C=O) groups is 1. The Morgan fingerprint density at radius 1 is 1.03 bits per heavy atom. The first-order valence-electron chi connectivity index (χ1n) is 11.5. The van der Waals surface area contributed by atoms with Crippen LogP contribution in [0.15, 0.2) is 65.6 Å². The predicted molar refractivity (Wildman–Crippen MR) is 145 cm³/mol. The molecule has 2 N–H and O–H groups in total.